The summed E-state index contributed by atoms with van der Waals surface area (Å²) in [6, 6.07) is 25.5. The Bertz CT molecular complexity index is 835. The summed E-state index contributed by atoms with van der Waals surface area (Å²) in [6.45, 7) is 13.0. The average molecular weight is 504 g/mol. The Kier molecular flexibility index (Phi) is 18.3. The number of aromatic nitrogens is 1. The van der Waals surface area contributed by atoms with E-state index in [1.54, 1.807) is 18.3 Å². The van der Waals surface area contributed by atoms with E-state index < -0.39 is 5.91 Å². The second kappa shape index (κ2) is 21.1. The Labute approximate surface area is 226 Å². The molecule has 37 heavy (non-hydrogen) atoms. The smallest absolute Gasteiger partial charge is 0.250 e. The van der Waals surface area contributed by atoms with Gasteiger partial charge in [0.2, 0.25) is 5.91 Å². The lowest BCUT2D eigenvalue weighted by Gasteiger charge is -2.38. The predicted octanol–water partition coefficient (Wildman–Crippen LogP) is 7.80. The van der Waals surface area contributed by atoms with Gasteiger partial charge in [0, 0.05) is 12.4 Å². The van der Waals surface area contributed by atoms with Crippen LogP contribution in [0.15, 0.2) is 91.3 Å². The Morgan fingerprint density at radius 1 is 0.811 bits per heavy atom. The minimum atomic E-state index is -0.442. The molecule has 0 unspecified atom stereocenters. The molecule has 0 atom stereocenters. The molecule has 0 radical (unpaired) electrons. The number of pyridine rings is 1. The van der Waals surface area contributed by atoms with Crippen LogP contribution in [0.2, 0.25) is 0 Å². The highest BCUT2D eigenvalue weighted by atomic mass is 16.1. The van der Waals surface area contributed by atoms with Crippen molar-refractivity contribution in [2.24, 2.45) is 17.6 Å². The topological polar surface area (TPSA) is 59.2 Å². The monoisotopic (exact) mass is 503 g/mol. The zero-order valence-corrected chi connectivity index (χ0v) is 23.6. The summed E-state index contributed by atoms with van der Waals surface area (Å²) in [5.74, 6) is 1.66. The SMILES string of the molecule is C1CN2CCC1CC2.CCC(CC)CC.Cc1ccccc1.NC(=O)c1cccnc1.c1ccccc1. The Morgan fingerprint density at radius 3 is 1.46 bits per heavy atom. The maximum absolute atomic E-state index is 10.4. The van der Waals surface area contributed by atoms with Crippen LogP contribution in [0.25, 0.3) is 0 Å². The van der Waals surface area contributed by atoms with Crippen LogP contribution in [-0.4, -0.2) is 35.4 Å². The van der Waals surface area contributed by atoms with Crippen LogP contribution >= 0.6 is 0 Å². The van der Waals surface area contributed by atoms with Gasteiger partial charge in [-0.05, 0) is 69.8 Å². The van der Waals surface area contributed by atoms with Gasteiger partial charge in [0.05, 0.1) is 5.56 Å². The minimum absolute atomic E-state index is 0.442. The molecule has 2 N–H and O–H groups in total. The van der Waals surface area contributed by atoms with Crippen molar-refractivity contribution in [3.63, 3.8) is 0 Å². The summed E-state index contributed by atoms with van der Waals surface area (Å²) in [6.07, 6.45) is 11.5. The lowest BCUT2D eigenvalue weighted by atomic mass is 9.89. The maximum atomic E-state index is 10.4. The van der Waals surface area contributed by atoms with Crippen molar-refractivity contribution in [2.45, 2.75) is 66.2 Å². The molecule has 1 amide bonds. The van der Waals surface area contributed by atoms with Gasteiger partial charge < -0.3 is 10.6 Å². The van der Waals surface area contributed by atoms with E-state index in [9.17, 15) is 4.79 Å². The van der Waals surface area contributed by atoms with E-state index in [0.717, 1.165) is 11.8 Å². The fraction of sp³-hybridized carbons (Fsp3) is 0.455. The quantitative estimate of drug-likeness (QED) is 0.395. The molecule has 202 valence electrons. The van der Waals surface area contributed by atoms with Crippen LogP contribution in [0.3, 0.4) is 0 Å². The third-order valence-corrected chi connectivity index (χ3v) is 6.85. The third-order valence-electron chi connectivity index (χ3n) is 6.85. The Balaban J connectivity index is 0.000000233. The first kappa shape index (κ1) is 32.0. The number of piperidine rings is 3. The van der Waals surface area contributed by atoms with Gasteiger partial charge >= 0.3 is 0 Å². The first-order valence-electron chi connectivity index (χ1n) is 13.9. The molecule has 6 rings (SSSR count). The van der Waals surface area contributed by atoms with Gasteiger partial charge in [-0.15, -0.1) is 0 Å². The fourth-order valence-electron chi connectivity index (χ4n) is 4.16. The minimum Gasteiger partial charge on any atom is -0.366 e. The van der Waals surface area contributed by atoms with Crippen molar-refractivity contribution in [3.05, 3.63) is 102 Å². The number of nitrogens with two attached hydrogens (primary N) is 1. The number of primary amides is 1. The molecular formula is C33H49N3O. The van der Waals surface area contributed by atoms with Crippen molar-refractivity contribution in [2.75, 3.05) is 19.6 Å². The lowest BCUT2D eigenvalue weighted by molar-refractivity contribution is 0.1000. The molecule has 4 nitrogen and oxygen atoms in total. The predicted molar refractivity (Wildman–Crippen MR) is 159 cm³/mol. The fourth-order valence-corrected chi connectivity index (χ4v) is 4.16. The van der Waals surface area contributed by atoms with E-state index in [0.29, 0.717) is 5.56 Å². The van der Waals surface area contributed by atoms with Crippen LogP contribution < -0.4 is 5.73 Å². The summed E-state index contributed by atoms with van der Waals surface area (Å²) in [5, 5.41) is 0. The van der Waals surface area contributed by atoms with E-state index in [4.69, 9.17) is 5.73 Å². The average Bonchev–Trinajstić information content (AvgIpc) is 2.98. The highest BCUT2D eigenvalue weighted by Gasteiger charge is 2.24. The summed E-state index contributed by atoms with van der Waals surface area (Å²) in [5.41, 5.74) is 6.70. The number of carbonyl (C=O) groups excluding carboxylic acids is 1. The van der Waals surface area contributed by atoms with Crippen molar-refractivity contribution in [1.82, 2.24) is 9.88 Å². The molecule has 3 aliphatic rings. The van der Waals surface area contributed by atoms with Crippen LogP contribution in [-0.2, 0) is 0 Å². The summed E-state index contributed by atoms with van der Waals surface area (Å²) < 4.78 is 0. The standard InChI is InChI=1S/C7H13N.C7H8.C7H16.C6H6N2O.C6H6/c1-4-8-5-2-7(1)3-6-8;1-7-5-3-2-4-6-7;1-4-7(5-2)6-3;7-6(9)5-2-1-3-8-4-5;1-2-4-6-5-3-1/h7H,1-6H2;2-6H,1H3;7H,4-6H2,1-3H3;1-4H,(H2,7,9);1-6H. The molecule has 3 aliphatic heterocycles. The van der Waals surface area contributed by atoms with E-state index in [2.05, 4.69) is 49.7 Å². The van der Waals surface area contributed by atoms with Crippen molar-refractivity contribution in [3.8, 4) is 0 Å². The number of amides is 1. The van der Waals surface area contributed by atoms with Crippen LogP contribution in [0.5, 0.6) is 0 Å². The van der Waals surface area contributed by atoms with Gasteiger partial charge in [0.15, 0.2) is 0 Å². The zero-order valence-electron chi connectivity index (χ0n) is 23.6. The second-order valence-corrected chi connectivity index (χ2v) is 9.58. The summed E-state index contributed by atoms with van der Waals surface area (Å²) in [7, 11) is 0. The van der Waals surface area contributed by atoms with Gasteiger partial charge in [-0.2, -0.15) is 0 Å². The summed E-state index contributed by atoms with van der Waals surface area (Å²) >= 11 is 0. The highest BCUT2D eigenvalue weighted by Crippen LogP contribution is 2.26. The second-order valence-electron chi connectivity index (χ2n) is 9.58. The molecule has 2 bridgehead atoms. The Hall–Kier alpha value is -2.98. The number of nitrogens with zero attached hydrogens (tertiary/aromatic N) is 2. The van der Waals surface area contributed by atoms with Crippen LogP contribution in [0, 0.1) is 18.8 Å². The molecule has 4 heteroatoms. The van der Waals surface area contributed by atoms with Crippen LogP contribution in [0.4, 0.5) is 0 Å². The molecule has 3 fully saturated rings. The number of carbonyl (C=O) groups is 1. The first-order valence-corrected chi connectivity index (χ1v) is 13.9. The molecule has 0 spiro atoms. The first-order chi connectivity index (χ1) is 18.0. The molecule has 0 saturated carbocycles. The maximum Gasteiger partial charge on any atom is 0.250 e. The number of benzene rings is 2. The van der Waals surface area contributed by atoms with Gasteiger partial charge in [0.25, 0.3) is 0 Å². The molecule has 0 aliphatic carbocycles. The number of hydrogen-bond acceptors (Lipinski definition) is 3. The number of fused-ring (bicyclic) bond motifs is 3. The molecule has 1 aromatic heterocycles. The van der Waals surface area contributed by atoms with E-state index >= 15 is 0 Å². The van der Waals surface area contributed by atoms with Gasteiger partial charge in [-0.1, -0.05) is 112 Å². The molecule has 4 heterocycles. The number of aryl methyl sites for hydroxylation is 1. The van der Waals surface area contributed by atoms with Gasteiger partial charge in [0.1, 0.15) is 0 Å². The molecule has 3 aromatic rings. The number of hydrogen-bond donors (Lipinski definition) is 1. The highest BCUT2D eigenvalue weighted by molar-refractivity contribution is 5.92. The van der Waals surface area contributed by atoms with Crippen molar-refractivity contribution in [1.29, 1.82) is 0 Å². The van der Waals surface area contributed by atoms with Gasteiger partial charge in [-0.25, -0.2) is 0 Å². The van der Waals surface area contributed by atoms with Crippen molar-refractivity contribution < 1.29 is 4.79 Å². The molecule has 3 saturated heterocycles. The lowest BCUT2D eigenvalue weighted by Crippen LogP contribution is -2.41. The summed E-state index contributed by atoms with van der Waals surface area (Å²) in [4.78, 5) is 16.7. The van der Waals surface area contributed by atoms with Crippen molar-refractivity contribution >= 4 is 5.91 Å². The largest absolute Gasteiger partial charge is 0.366 e. The van der Waals surface area contributed by atoms with Gasteiger partial charge in [-0.3, -0.25) is 9.78 Å². The van der Waals surface area contributed by atoms with E-state index in [1.165, 1.54) is 69.9 Å². The Morgan fingerprint density at radius 2 is 1.27 bits per heavy atom. The third kappa shape index (κ3) is 16.4. The van der Waals surface area contributed by atoms with E-state index in [1.807, 2.05) is 54.6 Å². The normalized spacial score (nSPS) is 16.8. The van der Waals surface area contributed by atoms with E-state index in [-0.39, 0.29) is 0 Å². The zero-order chi connectivity index (χ0) is 27.1. The van der Waals surface area contributed by atoms with Crippen LogP contribution in [0.1, 0.15) is 75.2 Å². The molecule has 2 aromatic carbocycles. The number of rotatable bonds is 4. The molecular weight excluding hydrogens is 454 g/mol.